The van der Waals surface area contributed by atoms with E-state index >= 15 is 0 Å². The van der Waals surface area contributed by atoms with Crippen LogP contribution in [-0.4, -0.2) is 41.9 Å². The van der Waals surface area contributed by atoms with E-state index in [0.29, 0.717) is 30.3 Å². The molecule has 174 valence electrons. The highest BCUT2D eigenvalue weighted by Crippen LogP contribution is 2.28. The minimum atomic E-state index is 0.274. The van der Waals surface area contributed by atoms with Crippen molar-refractivity contribution in [2.45, 2.75) is 77.0 Å². The van der Waals surface area contributed by atoms with Crippen LogP contribution in [0.5, 0.6) is 11.6 Å². The molecule has 0 aromatic carbocycles. The minimum absolute atomic E-state index is 0.274. The van der Waals surface area contributed by atoms with Gasteiger partial charge in [0.15, 0.2) is 11.6 Å². The standard InChI is InChI=1S/C24H31N7O2/c1-3-19-21(32-16-7-5-4-6-8-16)15-26-23(29-19)18-13-28-31(2)20(18)14-27-24-25-12-11-22(30-24)33-17-9-10-17/h11-13,15-17H,3-10,14H2,1-2H3,(H,25,27,30). The van der Waals surface area contributed by atoms with Gasteiger partial charge in [-0.15, -0.1) is 0 Å². The highest BCUT2D eigenvalue weighted by molar-refractivity contribution is 5.58. The molecule has 0 bridgehead atoms. The van der Waals surface area contributed by atoms with Crippen molar-refractivity contribution in [2.75, 3.05) is 5.32 Å². The van der Waals surface area contributed by atoms with Crippen LogP contribution >= 0.6 is 0 Å². The molecule has 33 heavy (non-hydrogen) atoms. The van der Waals surface area contributed by atoms with Crippen LogP contribution in [0.2, 0.25) is 0 Å². The first-order valence-electron chi connectivity index (χ1n) is 12.0. The average molecular weight is 450 g/mol. The Kier molecular flexibility index (Phi) is 6.37. The lowest BCUT2D eigenvalue weighted by Gasteiger charge is -2.23. The van der Waals surface area contributed by atoms with Gasteiger partial charge < -0.3 is 14.8 Å². The molecule has 3 aromatic heterocycles. The molecule has 0 saturated heterocycles. The number of hydrogen-bond acceptors (Lipinski definition) is 8. The Balaban J connectivity index is 1.32. The van der Waals surface area contributed by atoms with Gasteiger partial charge in [0, 0.05) is 19.3 Å². The summed E-state index contributed by atoms with van der Waals surface area (Å²) in [5.41, 5.74) is 2.77. The summed E-state index contributed by atoms with van der Waals surface area (Å²) in [4.78, 5) is 18.2. The SMILES string of the molecule is CCc1nc(-c2cnn(C)c2CNc2nccc(OC3CC3)n2)ncc1OC1CCCCC1. The van der Waals surface area contributed by atoms with E-state index in [2.05, 4.69) is 32.3 Å². The number of rotatable bonds is 9. The lowest BCUT2D eigenvalue weighted by molar-refractivity contribution is 0.152. The van der Waals surface area contributed by atoms with Gasteiger partial charge in [-0.1, -0.05) is 13.3 Å². The molecule has 3 aromatic rings. The molecule has 0 atom stereocenters. The Morgan fingerprint density at radius 1 is 1.00 bits per heavy atom. The molecule has 9 heteroatoms. The number of nitrogens with zero attached hydrogens (tertiary/aromatic N) is 6. The molecular weight excluding hydrogens is 418 g/mol. The van der Waals surface area contributed by atoms with Crippen molar-refractivity contribution in [1.82, 2.24) is 29.7 Å². The highest BCUT2D eigenvalue weighted by Gasteiger charge is 2.24. The van der Waals surface area contributed by atoms with E-state index in [4.69, 9.17) is 14.5 Å². The predicted octanol–water partition coefficient (Wildman–Crippen LogP) is 4.09. The fraction of sp³-hybridized carbons (Fsp3) is 0.542. The van der Waals surface area contributed by atoms with Crippen LogP contribution in [0.4, 0.5) is 5.95 Å². The molecule has 2 fully saturated rings. The van der Waals surface area contributed by atoms with Crippen LogP contribution in [0.15, 0.2) is 24.7 Å². The fourth-order valence-corrected chi connectivity index (χ4v) is 4.12. The summed E-state index contributed by atoms with van der Waals surface area (Å²) < 4.78 is 13.9. The maximum atomic E-state index is 6.27. The Morgan fingerprint density at radius 3 is 2.61 bits per heavy atom. The number of nitrogens with one attached hydrogen (secondary N) is 1. The second-order valence-electron chi connectivity index (χ2n) is 8.75. The lowest BCUT2D eigenvalue weighted by Crippen LogP contribution is -2.20. The zero-order valence-corrected chi connectivity index (χ0v) is 19.3. The van der Waals surface area contributed by atoms with Crippen LogP contribution in [0.1, 0.15) is 63.3 Å². The Bertz CT molecular complexity index is 1090. The summed E-state index contributed by atoms with van der Waals surface area (Å²) >= 11 is 0. The zero-order chi connectivity index (χ0) is 22.6. The van der Waals surface area contributed by atoms with Gasteiger partial charge in [0.1, 0.15) is 6.10 Å². The number of aromatic nitrogens is 6. The topological polar surface area (TPSA) is 99.9 Å². The third kappa shape index (κ3) is 5.23. The van der Waals surface area contributed by atoms with Gasteiger partial charge in [-0.05, 0) is 44.9 Å². The number of ether oxygens (including phenoxy) is 2. The molecule has 1 N–H and O–H groups in total. The maximum Gasteiger partial charge on any atom is 0.226 e. The van der Waals surface area contributed by atoms with Crippen molar-refractivity contribution < 1.29 is 9.47 Å². The van der Waals surface area contributed by atoms with Crippen LogP contribution < -0.4 is 14.8 Å². The third-order valence-corrected chi connectivity index (χ3v) is 6.17. The molecular formula is C24H31N7O2. The van der Waals surface area contributed by atoms with E-state index in [9.17, 15) is 0 Å². The predicted molar refractivity (Wildman–Crippen MR) is 124 cm³/mol. The summed E-state index contributed by atoms with van der Waals surface area (Å²) in [5, 5.41) is 7.72. The lowest BCUT2D eigenvalue weighted by atomic mass is 9.98. The van der Waals surface area contributed by atoms with Gasteiger partial charge in [-0.3, -0.25) is 4.68 Å². The number of hydrogen-bond donors (Lipinski definition) is 1. The van der Waals surface area contributed by atoms with Crippen molar-refractivity contribution in [3.8, 4) is 23.0 Å². The average Bonchev–Trinajstić information content (AvgIpc) is 3.58. The first-order chi connectivity index (χ1) is 16.2. The van der Waals surface area contributed by atoms with Crippen LogP contribution in [0.25, 0.3) is 11.4 Å². The molecule has 0 spiro atoms. The zero-order valence-electron chi connectivity index (χ0n) is 19.3. The van der Waals surface area contributed by atoms with Crippen LogP contribution in [0, 0.1) is 0 Å². The molecule has 2 saturated carbocycles. The Hall–Kier alpha value is -3.23. The molecule has 0 aliphatic heterocycles. The van der Waals surface area contributed by atoms with Gasteiger partial charge >= 0.3 is 0 Å². The second kappa shape index (κ2) is 9.72. The largest absolute Gasteiger partial charge is 0.487 e. The summed E-state index contributed by atoms with van der Waals surface area (Å²) in [6, 6.07) is 1.79. The minimum Gasteiger partial charge on any atom is -0.487 e. The van der Waals surface area contributed by atoms with Crippen LogP contribution in [0.3, 0.4) is 0 Å². The van der Waals surface area contributed by atoms with Crippen molar-refractivity contribution in [1.29, 1.82) is 0 Å². The summed E-state index contributed by atoms with van der Waals surface area (Å²) in [6.07, 6.45) is 14.9. The Morgan fingerprint density at radius 2 is 1.82 bits per heavy atom. The van der Waals surface area contributed by atoms with E-state index in [0.717, 1.165) is 54.8 Å². The van der Waals surface area contributed by atoms with Gasteiger partial charge in [0.05, 0.1) is 42.0 Å². The van der Waals surface area contributed by atoms with E-state index in [1.165, 1.54) is 19.3 Å². The molecule has 9 nitrogen and oxygen atoms in total. The molecule has 5 rings (SSSR count). The quantitative estimate of drug-likeness (QED) is 0.521. The smallest absolute Gasteiger partial charge is 0.226 e. The normalized spacial score (nSPS) is 16.5. The van der Waals surface area contributed by atoms with Gasteiger partial charge in [-0.25, -0.2) is 15.0 Å². The maximum absolute atomic E-state index is 6.27. The molecule has 2 aliphatic rings. The van der Waals surface area contributed by atoms with Crippen molar-refractivity contribution in [2.24, 2.45) is 7.05 Å². The van der Waals surface area contributed by atoms with Crippen molar-refractivity contribution in [3.05, 3.63) is 36.0 Å². The van der Waals surface area contributed by atoms with Crippen molar-refractivity contribution >= 4 is 5.95 Å². The summed E-state index contributed by atoms with van der Waals surface area (Å²) in [6.45, 7) is 2.59. The first-order valence-corrected chi connectivity index (χ1v) is 12.0. The van der Waals surface area contributed by atoms with Gasteiger partial charge in [0.2, 0.25) is 11.8 Å². The van der Waals surface area contributed by atoms with Crippen LogP contribution in [-0.2, 0) is 20.0 Å². The van der Waals surface area contributed by atoms with E-state index < -0.39 is 0 Å². The molecule has 0 amide bonds. The number of anilines is 1. The fourth-order valence-electron chi connectivity index (χ4n) is 4.12. The van der Waals surface area contributed by atoms with Gasteiger partial charge in [-0.2, -0.15) is 10.1 Å². The van der Waals surface area contributed by atoms with Gasteiger partial charge in [0.25, 0.3) is 0 Å². The molecule has 3 heterocycles. The van der Waals surface area contributed by atoms with Crippen molar-refractivity contribution in [3.63, 3.8) is 0 Å². The third-order valence-electron chi connectivity index (χ3n) is 6.17. The monoisotopic (exact) mass is 449 g/mol. The summed E-state index contributed by atoms with van der Waals surface area (Å²) in [7, 11) is 1.91. The number of aryl methyl sites for hydroxylation is 2. The first kappa shape index (κ1) is 21.6. The Labute approximate surface area is 194 Å². The van der Waals surface area contributed by atoms with E-state index in [-0.39, 0.29) is 6.10 Å². The van der Waals surface area contributed by atoms with E-state index in [1.807, 2.05) is 17.9 Å². The molecule has 2 aliphatic carbocycles. The van der Waals surface area contributed by atoms with E-state index in [1.54, 1.807) is 18.5 Å². The molecule has 0 radical (unpaired) electrons. The highest BCUT2D eigenvalue weighted by atomic mass is 16.5. The molecule has 0 unspecified atom stereocenters. The second-order valence-corrected chi connectivity index (χ2v) is 8.75. The summed E-state index contributed by atoms with van der Waals surface area (Å²) in [5.74, 6) is 2.58.